The summed E-state index contributed by atoms with van der Waals surface area (Å²) in [5, 5.41) is 3.12. The summed E-state index contributed by atoms with van der Waals surface area (Å²) < 4.78 is 27.3. The fourth-order valence-electron chi connectivity index (χ4n) is 2.01. The molecule has 1 atom stereocenters. The van der Waals surface area contributed by atoms with Crippen molar-refractivity contribution in [2.24, 2.45) is 0 Å². The maximum absolute atomic E-state index is 13.3. The van der Waals surface area contributed by atoms with Gasteiger partial charge >= 0.3 is 0 Å². The molecule has 0 radical (unpaired) electrons. The predicted octanol–water partition coefficient (Wildman–Crippen LogP) is 4.34. The lowest BCUT2D eigenvalue weighted by molar-refractivity contribution is 0.505. The van der Waals surface area contributed by atoms with Gasteiger partial charge in [-0.05, 0) is 48.9 Å². The van der Waals surface area contributed by atoms with Gasteiger partial charge in [-0.2, -0.15) is 0 Å². The van der Waals surface area contributed by atoms with E-state index in [1.165, 1.54) is 6.07 Å². The minimum Gasteiger partial charge on any atom is -0.309 e. The van der Waals surface area contributed by atoms with E-state index >= 15 is 0 Å². The van der Waals surface area contributed by atoms with Crippen LogP contribution >= 0.6 is 15.9 Å². The number of halogens is 3. The van der Waals surface area contributed by atoms with Gasteiger partial charge in [0, 0.05) is 4.47 Å². The van der Waals surface area contributed by atoms with Gasteiger partial charge in [-0.1, -0.05) is 34.1 Å². The summed E-state index contributed by atoms with van der Waals surface area (Å²) in [6, 6.07) is 9.74. The first-order valence-corrected chi connectivity index (χ1v) is 6.70. The van der Waals surface area contributed by atoms with Crippen LogP contribution in [-0.2, 0) is 0 Å². The molecule has 0 saturated heterocycles. The molecule has 100 valence electrons. The molecule has 2 aromatic rings. The van der Waals surface area contributed by atoms with E-state index in [2.05, 4.69) is 21.2 Å². The zero-order valence-electron chi connectivity index (χ0n) is 10.7. The third-order valence-corrected chi connectivity index (χ3v) is 3.95. The van der Waals surface area contributed by atoms with Gasteiger partial charge in [0.25, 0.3) is 0 Å². The van der Waals surface area contributed by atoms with Crippen LogP contribution in [0.1, 0.15) is 22.7 Å². The Labute approximate surface area is 119 Å². The van der Waals surface area contributed by atoms with Crippen LogP contribution in [-0.4, -0.2) is 7.05 Å². The van der Waals surface area contributed by atoms with Crippen molar-refractivity contribution < 1.29 is 8.78 Å². The van der Waals surface area contributed by atoms with Gasteiger partial charge < -0.3 is 5.32 Å². The molecule has 0 fully saturated rings. The molecular formula is C15H14BrF2N. The second-order valence-corrected chi connectivity index (χ2v) is 5.26. The molecule has 4 heteroatoms. The van der Waals surface area contributed by atoms with Crippen LogP contribution in [0.2, 0.25) is 0 Å². The largest absolute Gasteiger partial charge is 0.309 e. The topological polar surface area (TPSA) is 12.0 Å². The third-order valence-electron chi connectivity index (χ3n) is 3.09. The van der Waals surface area contributed by atoms with Crippen molar-refractivity contribution >= 4 is 15.9 Å². The van der Waals surface area contributed by atoms with Crippen LogP contribution in [0.5, 0.6) is 0 Å². The Morgan fingerprint density at radius 3 is 2.21 bits per heavy atom. The first-order valence-electron chi connectivity index (χ1n) is 5.91. The highest BCUT2D eigenvalue weighted by atomic mass is 79.9. The average molecular weight is 326 g/mol. The molecule has 19 heavy (non-hydrogen) atoms. The quantitative estimate of drug-likeness (QED) is 0.884. The van der Waals surface area contributed by atoms with E-state index in [9.17, 15) is 8.78 Å². The van der Waals surface area contributed by atoms with Crippen molar-refractivity contribution in [3.63, 3.8) is 0 Å². The zero-order valence-corrected chi connectivity index (χ0v) is 12.3. The molecule has 0 aliphatic carbocycles. The molecule has 2 rings (SSSR count). The molecule has 0 aromatic heterocycles. The van der Waals surface area contributed by atoms with Crippen LogP contribution in [0.25, 0.3) is 0 Å². The molecule has 0 amide bonds. The fraction of sp³-hybridized carbons (Fsp3) is 0.200. The Morgan fingerprint density at radius 2 is 1.63 bits per heavy atom. The van der Waals surface area contributed by atoms with E-state index in [-0.39, 0.29) is 6.04 Å². The first kappa shape index (κ1) is 14.2. The minimum absolute atomic E-state index is 0.174. The van der Waals surface area contributed by atoms with Gasteiger partial charge in [0.15, 0.2) is 11.6 Å². The number of benzene rings is 2. The molecule has 0 saturated carbocycles. The average Bonchev–Trinajstić information content (AvgIpc) is 2.39. The molecule has 1 unspecified atom stereocenters. The van der Waals surface area contributed by atoms with E-state index in [0.29, 0.717) is 5.56 Å². The lowest BCUT2D eigenvalue weighted by Crippen LogP contribution is -2.18. The molecule has 2 aromatic carbocycles. The summed E-state index contributed by atoms with van der Waals surface area (Å²) in [6.45, 7) is 2.00. The Morgan fingerprint density at radius 1 is 1.00 bits per heavy atom. The molecule has 0 aliphatic rings. The van der Waals surface area contributed by atoms with Crippen molar-refractivity contribution in [1.82, 2.24) is 5.32 Å². The summed E-state index contributed by atoms with van der Waals surface area (Å²) >= 11 is 3.48. The van der Waals surface area contributed by atoms with Gasteiger partial charge in [0.1, 0.15) is 0 Å². The maximum atomic E-state index is 13.3. The monoisotopic (exact) mass is 325 g/mol. The van der Waals surface area contributed by atoms with E-state index in [1.54, 1.807) is 13.1 Å². The van der Waals surface area contributed by atoms with Gasteiger partial charge in [0.2, 0.25) is 0 Å². The molecule has 0 heterocycles. The molecule has 0 spiro atoms. The number of nitrogens with one attached hydrogen (secondary N) is 1. The van der Waals surface area contributed by atoms with Crippen molar-refractivity contribution in [2.75, 3.05) is 7.05 Å². The van der Waals surface area contributed by atoms with Gasteiger partial charge in [0.05, 0.1) is 6.04 Å². The van der Waals surface area contributed by atoms with Crippen molar-refractivity contribution in [2.45, 2.75) is 13.0 Å². The Kier molecular flexibility index (Phi) is 4.32. The van der Waals surface area contributed by atoms with Crippen LogP contribution < -0.4 is 5.32 Å². The lowest BCUT2D eigenvalue weighted by Gasteiger charge is -2.18. The number of hydrogen-bond donors (Lipinski definition) is 1. The Balaban J connectivity index is 2.43. The highest BCUT2D eigenvalue weighted by molar-refractivity contribution is 9.10. The van der Waals surface area contributed by atoms with E-state index in [4.69, 9.17) is 0 Å². The zero-order chi connectivity index (χ0) is 14.0. The van der Waals surface area contributed by atoms with E-state index < -0.39 is 11.6 Å². The molecule has 0 aliphatic heterocycles. The van der Waals surface area contributed by atoms with Crippen LogP contribution in [0.4, 0.5) is 8.78 Å². The number of rotatable bonds is 3. The standard InChI is InChI=1S/C15H14BrF2N/c1-9-3-4-10(7-12(9)16)15(19-2)11-5-6-13(17)14(18)8-11/h3-8,15,19H,1-2H3. The van der Waals surface area contributed by atoms with Crippen LogP contribution in [0.15, 0.2) is 40.9 Å². The smallest absolute Gasteiger partial charge is 0.159 e. The van der Waals surface area contributed by atoms with Crippen molar-refractivity contribution in [3.8, 4) is 0 Å². The SMILES string of the molecule is CNC(c1ccc(F)c(F)c1)c1ccc(C)c(Br)c1. The number of aryl methyl sites for hydroxylation is 1. The third kappa shape index (κ3) is 3.01. The van der Waals surface area contributed by atoms with Gasteiger partial charge in [-0.3, -0.25) is 0 Å². The number of hydrogen-bond acceptors (Lipinski definition) is 1. The van der Waals surface area contributed by atoms with Crippen LogP contribution in [0, 0.1) is 18.6 Å². The maximum Gasteiger partial charge on any atom is 0.159 e. The van der Waals surface area contributed by atoms with Crippen LogP contribution in [0.3, 0.4) is 0 Å². The summed E-state index contributed by atoms with van der Waals surface area (Å²) in [5.41, 5.74) is 2.81. The van der Waals surface area contributed by atoms with Crippen molar-refractivity contribution in [3.05, 3.63) is 69.2 Å². The fourth-order valence-corrected chi connectivity index (χ4v) is 2.40. The second-order valence-electron chi connectivity index (χ2n) is 4.40. The molecule has 1 nitrogen and oxygen atoms in total. The first-order chi connectivity index (χ1) is 9.02. The van der Waals surface area contributed by atoms with E-state index in [1.807, 2.05) is 25.1 Å². The highest BCUT2D eigenvalue weighted by Gasteiger charge is 2.14. The Hall–Kier alpha value is -1.26. The predicted molar refractivity (Wildman–Crippen MR) is 76.1 cm³/mol. The minimum atomic E-state index is -0.830. The summed E-state index contributed by atoms with van der Waals surface area (Å²) in [5.74, 6) is -1.66. The van der Waals surface area contributed by atoms with Gasteiger partial charge in [-0.15, -0.1) is 0 Å². The molecule has 1 N–H and O–H groups in total. The molecule has 0 bridgehead atoms. The van der Waals surface area contributed by atoms with E-state index in [0.717, 1.165) is 21.7 Å². The van der Waals surface area contributed by atoms with Crippen molar-refractivity contribution in [1.29, 1.82) is 0 Å². The molecular weight excluding hydrogens is 312 g/mol. The summed E-state index contributed by atoms with van der Waals surface area (Å²) in [4.78, 5) is 0. The van der Waals surface area contributed by atoms with Gasteiger partial charge in [-0.25, -0.2) is 8.78 Å². The summed E-state index contributed by atoms with van der Waals surface area (Å²) in [6.07, 6.45) is 0. The normalized spacial score (nSPS) is 12.5. The lowest BCUT2D eigenvalue weighted by atomic mass is 9.98. The summed E-state index contributed by atoms with van der Waals surface area (Å²) in [7, 11) is 1.79. The second kappa shape index (κ2) is 5.80. The Bertz CT molecular complexity index is 547. The highest BCUT2D eigenvalue weighted by Crippen LogP contribution is 2.27.